The number of nitrogens with zero attached hydrogens (tertiary/aromatic N) is 2. The molecule has 11 nitrogen and oxygen atoms in total. The number of carbonyl (C=O) groups excluding carboxylic acids is 4. The number of rotatable bonds is 7. The van der Waals surface area contributed by atoms with Crippen LogP contribution in [0.1, 0.15) is 39.5 Å². The fourth-order valence-corrected chi connectivity index (χ4v) is 4.60. The molecule has 1 aliphatic rings. The summed E-state index contributed by atoms with van der Waals surface area (Å²) in [4.78, 5) is 48.1. The summed E-state index contributed by atoms with van der Waals surface area (Å²) < 4.78 is 29.4. The Bertz CT molecular complexity index is 1370. The van der Waals surface area contributed by atoms with Crippen LogP contribution in [0.25, 0.3) is 11.3 Å². The number of esters is 4. The van der Waals surface area contributed by atoms with Crippen LogP contribution in [0.4, 0.5) is 0 Å². The van der Waals surface area contributed by atoms with Crippen LogP contribution in [0, 0.1) is 16.0 Å². The Labute approximate surface area is 234 Å². The van der Waals surface area contributed by atoms with Crippen molar-refractivity contribution < 1.29 is 42.9 Å². The zero-order chi connectivity index (χ0) is 28.9. The SMILES string of the molecule is CC(=O)OC[C@H]1O[C@@H](n2c(-c3ccc(Cl)cc3)ccc(C#N)c2=S)[C@H](OC(C)=O)[C@@H](OC(C)=O)[C@H]1OC(C)=O. The summed E-state index contributed by atoms with van der Waals surface area (Å²) >= 11 is 11.7. The van der Waals surface area contributed by atoms with Crippen molar-refractivity contribution in [2.75, 3.05) is 6.61 Å². The second kappa shape index (κ2) is 12.8. The lowest BCUT2D eigenvalue weighted by Crippen LogP contribution is -2.60. The second-order valence-electron chi connectivity index (χ2n) is 8.52. The fourth-order valence-electron chi connectivity index (χ4n) is 4.16. The summed E-state index contributed by atoms with van der Waals surface area (Å²) in [6.45, 7) is 4.17. The van der Waals surface area contributed by atoms with Gasteiger partial charge in [-0.1, -0.05) is 36.0 Å². The molecule has 0 radical (unpaired) electrons. The largest absolute Gasteiger partial charge is 0.463 e. The van der Waals surface area contributed by atoms with E-state index in [0.717, 1.165) is 20.8 Å². The second-order valence-corrected chi connectivity index (χ2v) is 9.34. The Morgan fingerprint density at radius 3 is 2.00 bits per heavy atom. The molecule has 1 fully saturated rings. The first kappa shape index (κ1) is 29.8. The average Bonchev–Trinajstić information content (AvgIpc) is 2.85. The molecule has 0 aliphatic carbocycles. The van der Waals surface area contributed by atoms with Crippen LogP contribution in [0.5, 0.6) is 0 Å². The highest BCUT2D eigenvalue weighted by atomic mass is 35.5. The Hall–Kier alpha value is -3.79. The lowest BCUT2D eigenvalue weighted by atomic mass is 9.96. The molecule has 0 N–H and O–H groups in total. The smallest absolute Gasteiger partial charge is 0.303 e. The summed E-state index contributed by atoms with van der Waals surface area (Å²) in [5.74, 6) is -2.93. The van der Waals surface area contributed by atoms with E-state index in [0.29, 0.717) is 16.3 Å². The van der Waals surface area contributed by atoms with Crippen molar-refractivity contribution >= 4 is 47.7 Å². The minimum atomic E-state index is -1.41. The molecule has 0 bridgehead atoms. The van der Waals surface area contributed by atoms with Crippen LogP contribution in [-0.2, 0) is 42.9 Å². The van der Waals surface area contributed by atoms with Gasteiger partial charge in [-0.05, 0) is 29.8 Å². The van der Waals surface area contributed by atoms with E-state index in [9.17, 15) is 24.4 Å². The van der Waals surface area contributed by atoms with Crippen molar-refractivity contribution in [3.05, 3.63) is 51.6 Å². The minimum Gasteiger partial charge on any atom is -0.463 e. The maximum absolute atomic E-state index is 12.2. The van der Waals surface area contributed by atoms with Crippen molar-refractivity contribution in [2.24, 2.45) is 0 Å². The quantitative estimate of drug-likeness (QED) is 0.270. The molecule has 1 saturated heterocycles. The van der Waals surface area contributed by atoms with E-state index in [1.807, 2.05) is 6.07 Å². The molecule has 1 aromatic carbocycles. The number of benzene rings is 1. The van der Waals surface area contributed by atoms with Gasteiger partial charge in [-0.25, -0.2) is 0 Å². The molecule has 2 heterocycles. The predicted octanol–water partition coefficient (Wildman–Crippen LogP) is 3.67. The highest BCUT2D eigenvalue weighted by molar-refractivity contribution is 7.71. The van der Waals surface area contributed by atoms with Crippen molar-refractivity contribution in [3.8, 4) is 17.3 Å². The van der Waals surface area contributed by atoms with Gasteiger partial charge in [-0.3, -0.25) is 19.2 Å². The average molecular weight is 577 g/mol. The number of hydrogen-bond donors (Lipinski definition) is 0. The standard InChI is InChI=1S/C26H25ClN2O9S/c1-13(30)34-12-21-22(35-14(2)31)23(36-15(3)32)24(37-16(4)33)25(38-21)29-20(10-7-18(11-28)26(29)39)17-5-8-19(27)9-6-17/h5-10,21-25H,12H2,1-4H3/t21-,22+,23+,24-,25-/m1/s1. The van der Waals surface area contributed by atoms with Crippen LogP contribution in [0.3, 0.4) is 0 Å². The zero-order valence-corrected chi connectivity index (χ0v) is 23.0. The van der Waals surface area contributed by atoms with Crippen LogP contribution in [0.2, 0.25) is 5.02 Å². The van der Waals surface area contributed by atoms with E-state index in [-0.39, 0.29) is 10.2 Å². The van der Waals surface area contributed by atoms with Crippen molar-refractivity contribution in [1.82, 2.24) is 4.57 Å². The van der Waals surface area contributed by atoms with E-state index in [1.165, 1.54) is 17.6 Å². The van der Waals surface area contributed by atoms with Gasteiger partial charge in [0, 0.05) is 32.7 Å². The first-order chi connectivity index (χ1) is 18.4. The lowest BCUT2D eigenvalue weighted by molar-refractivity contribution is -0.268. The molecule has 0 saturated carbocycles. The van der Waals surface area contributed by atoms with E-state index >= 15 is 0 Å². The number of hydrogen-bond acceptors (Lipinski definition) is 11. The molecule has 13 heteroatoms. The van der Waals surface area contributed by atoms with E-state index in [1.54, 1.807) is 30.3 Å². The van der Waals surface area contributed by atoms with Gasteiger partial charge in [0.05, 0.1) is 11.3 Å². The third-order valence-electron chi connectivity index (χ3n) is 5.60. The van der Waals surface area contributed by atoms with E-state index in [4.69, 9.17) is 47.5 Å². The maximum Gasteiger partial charge on any atom is 0.303 e. The highest BCUT2D eigenvalue weighted by Crippen LogP contribution is 2.38. The number of aromatic nitrogens is 1. The molecule has 2 aromatic rings. The summed E-state index contributed by atoms with van der Waals surface area (Å²) in [6.07, 6.45) is -6.66. The van der Waals surface area contributed by atoms with Crippen LogP contribution in [0.15, 0.2) is 36.4 Å². The summed E-state index contributed by atoms with van der Waals surface area (Å²) in [5.41, 5.74) is 1.16. The Kier molecular flexibility index (Phi) is 9.80. The maximum atomic E-state index is 12.2. The molecular weight excluding hydrogens is 552 g/mol. The molecule has 0 spiro atoms. The van der Waals surface area contributed by atoms with Gasteiger partial charge < -0.3 is 28.3 Å². The van der Waals surface area contributed by atoms with Crippen molar-refractivity contribution in [3.63, 3.8) is 0 Å². The van der Waals surface area contributed by atoms with Crippen LogP contribution < -0.4 is 0 Å². The third-order valence-corrected chi connectivity index (χ3v) is 6.27. The van der Waals surface area contributed by atoms with Gasteiger partial charge in [0.15, 0.2) is 24.5 Å². The Morgan fingerprint density at radius 1 is 0.897 bits per heavy atom. The molecule has 3 rings (SSSR count). The Morgan fingerprint density at radius 2 is 1.46 bits per heavy atom. The van der Waals surface area contributed by atoms with Gasteiger partial charge in [0.1, 0.15) is 23.4 Å². The van der Waals surface area contributed by atoms with Crippen LogP contribution in [-0.4, -0.2) is 59.5 Å². The molecule has 0 amide bonds. The first-order valence-electron chi connectivity index (χ1n) is 11.6. The fraction of sp³-hybridized carbons (Fsp3) is 0.385. The predicted molar refractivity (Wildman–Crippen MR) is 138 cm³/mol. The number of pyridine rings is 1. The minimum absolute atomic E-state index is 0.0193. The monoisotopic (exact) mass is 576 g/mol. The van der Waals surface area contributed by atoms with Gasteiger partial charge in [0.25, 0.3) is 0 Å². The number of halogens is 1. The highest BCUT2D eigenvalue weighted by Gasteiger charge is 2.53. The van der Waals surface area contributed by atoms with Gasteiger partial charge in [0.2, 0.25) is 0 Å². The van der Waals surface area contributed by atoms with Gasteiger partial charge in [-0.2, -0.15) is 5.26 Å². The summed E-state index contributed by atoms with van der Waals surface area (Å²) in [5, 5.41) is 10.2. The zero-order valence-electron chi connectivity index (χ0n) is 21.4. The third kappa shape index (κ3) is 7.20. The van der Waals surface area contributed by atoms with Gasteiger partial charge in [-0.15, -0.1) is 0 Å². The van der Waals surface area contributed by atoms with E-state index < -0.39 is 61.1 Å². The van der Waals surface area contributed by atoms with Crippen molar-refractivity contribution in [2.45, 2.75) is 58.3 Å². The summed E-state index contributed by atoms with van der Waals surface area (Å²) in [6, 6.07) is 11.9. The molecule has 206 valence electrons. The first-order valence-corrected chi connectivity index (χ1v) is 12.4. The lowest BCUT2D eigenvalue weighted by Gasteiger charge is -2.45. The topological polar surface area (TPSA) is 143 Å². The molecule has 0 unspecified atom stereocenters. The van der Waals surface area contributed by atoms with Crippen LogP contribution >= 0.6 is 23.8 Å². The van der Waals surface area contributed by atoms with Gasteiger partial charge >= 0.3 is 23.9 Å². The van der Waals surface area contributed by atoms with Crippen molar-refractivity contribution in [1.29, 1.82) is 5.26 Å². The van der Waals surface area contributed by atoms with E-state index in [2.05, 4.69) is 0 Å². The number of ether oxygens (including phenoxy) is 5. The molecule has 1 aliphatic heterocycles. The number of carbonyl (C=O) groups is 4. The summed E-state index contributed by atoms with van der Waals surface area (Å²) in [7, 11) is 0. The Balaban J connectivity index is 2.30. The normalized spacial score (nSPS) is 22.2. The molecular formula is C26H25ClN2O9S. The number of nitriles is 1. The molecule has 1 aromatic heterocycles. The molecule has 5 atom stereocenters. The molecule has 39 heavy (non-hydrogen) atoms.